The molecular formula is C71H126O6. The van der Waals surface area contributed by atoms with Crippen molar-refractivity contribution >= 4 is 17.9 Å². The van der Waals surface area contributed by atoms with Crippen LogP contribution in [0.25, 0.3) is 0 Å². The van der Waals surface area contributed by atoms with E-state index in [0.29, 0.717) is 19.3 Å². The molecule has 6 nitrogen and oxygen atoms in total. The van der Waals surface area contributed by atoms with E-state index in [-0.39, 0.29) is 31.1 Å². The molecule has 0 radical (unpaired) electrons. The molecule has 0 aliphatic heterocycles. The smallest absolute Gasteiger partial charge is 0.306 e. The van der Waals surface area contributed by atoms with Gasteiger partial charge in [0.15, 0.2) is 6.10 Å². The van der Waals surface area contributed by atoms with Crippen LogP contribution in [-0.4, -0.2) is 37.2 Å². The monoisotopic (exact) mass is 1070 g/mol. The van der Waals surface area contributed by atoms with Crippen molar-refractivity contribution in [1.29, 1.82) is 0 Å². The van der Waals surface area contributed by atoms with Crippen LogP contribution < -0.4 is 0 Å². The van der Waals surface area contributed by atoms with Crippen molar-refractivity contribution in [3.05, 3.63) is 72.9 Å². The molecule has 1 atom stereocenters. The zero-order valence-electron chi connectivity index (χ0n) is 51.2. The van der Waals surface area contributed by atoms with E-state index in [2.05, 4.69) is 93.7 Å². The van der Waals surface area contributed by atoms with Crippen LogP contribution in [0.5, 0.6) is 0 Å². The summed E-state index contributed by atoms with van der Waals surface area (Å²) >= 11 is 0. The molecular weight excluding hydrogens is 949 g/mol. The lowest BCUT2D eigenvalue weighted by Gasteiger charge is -2.18. The molecule has 0 aliphatic carbocycles. The highest BCUT2D eigenvalue weighted by atomic mass is 16.6. The minimum atomic E-state index is -0.769. The number of allylic oxidation sites excluding steroid dienone is 12. The van der Waals surface area contributed by atoms with Crippen LogP contribution in [0.3, 0.4) is 0 Å². The molecule has 0 heterocycles. The van der Waals surface area contributed by atoms with Gasteiger partial charge in [0.1, 0.15) is 13.2 Å². The highest BCUT2D eigenvalue weighted by Crippen LogP contribution is 2.18. The van der Waals surface area contributed by atoms with Gasteiger partial charge >= 0.3 is 17.9 Å². The Morgan fingerprint density at radius 3 is 0.792 bits per heavy atom. The van der Waals surface area contributed by atoms with Crippen molar-refractivity contribution in [3.63, 3.8) is 0 Å². The molecule has 0 aromatic carbocycles. The zero-order valence-corrected chi connectivity index (χ0v) is 51.2. The fourth-order valence-electron chi connectivity index (χ4n) is 9.74. The lowest BCUT2D eigenvalue weighted by atomic mass is 10.0. The fraction of sp³-hybridized carbons (Fsp3) is 0.789. The molecule has 0 saturated carbocycles. The third-order valence-corrected chi connectivity index (χ3v) is 14.7. The number of carbonyl (C=O) groups excluding carboxylic acids is 3. The molecule has 0 rings (SSSR count). The first-order chi connectivity index (χ1) is 38.0. The quantitative estimate of drug-likeness (QED) is 0.0261. The summed E-state index contributed by atoms with van der Waals surface area (Å²) in [7, 11) is 0. The van der Waals surface area contributed by atoms with Gasteiger partial charge in [0, 0.05) is 19.3 Å². The van der Waals surface area contributed by atoms with E-state index in [1.54, 1.807) is 0 Å². The van der Waals surface area contributed by atoms with E-state index < -0.39 is 6.10 Å². The number of hydrogen-bond acceptors (Lipinski definition) is 6. The highest BCUT2D eigenvalue weighted by Gasteiger charge is 2.19. The Labute approximate surface area is 478 Å². The molecule has 1 unspecified atom stereocenters. The molecule has 446 valence electrons. The number of unbranched alkanes of at least 4 members (excludes halogenated alkanes) is 38. The van der Waals surface area contributed by atoms with Crippen molar-refractivity contribution in [3.8, 4) is 0 Å². The number of hydrogen-bond donors (Lipinski definition) is 0. The van der Waals surface area contributed by atoms with Gasteiger partial charge in [-0.3, -0.25) is 14.4 Å². The van der Waals surface area contributed by atoms with Gasteiger partial charge in [-0.2, -0.15) is 0 Å². The van der Waals surface area contributed by atoms with Crippen molar-refractivity contribution in [2.45, 2.75) is 348 Å². The van der Waals surface area contributed by atoms with Gasteiger partial charge in [0.2, 0.25) is 0 Å². The first-order valence-electron chi connectivity index (χ1n) is 33.4. The van der Waals surface area contributed by atoms with Gasteiger partial charge in [0.05, 0.1) is 0 Å². The second-order valence-corrected chi connectivity index (χ2v) is 22.4. The Balaban J connectivity index is 3.96. The van der Waals surface area contributed by atoms with E-state index >= 15 is 0 Å². The lowest BCUT2D eigenvalue weighted by Crippen LogP contribution is -2.30. The predicted molar refractivity (Wildman–Crippen MR) is 335 cm³/mol. The Bertz CT molecular complexity index is 1420. The summed E-state index contributed by atoms with van der Waals surface area (Å²) in [5.41, 5.74) is 0. The summed E-state index contributed by atoms with van der Waals surface area (Å²) in [6.45, 7) is 6.49. The van der Waals surface area contributed by atoms with Gasteiger partial charge < -0.3 is 14.2 Å². The summed E-state index contributed by atoms with van der Waals surface area (Å²) in [4.78, 5) is 38.0. The average molecular weight is 1080 g/mol. The third kappa shape index (κ3) is 63.6. The highest BCUT2D eigenvalue weighted by molar-refractivity contribution is 5.71. The Hall–Kier alpha value is -3.15. The minimum absolute atomic E-state index is 0.0707. The first-order valence-corrected chi connectivity index (χ1v) is 33.4. The number of rotatable bonds is 61. The Kier molecular flexibility index (Phi) is 62.7. The molecule has 0 fully saturated rings. The van der Waals surface area contributed by atoms with E-state index in [1.807, 2.05) is 0 Å². The van der Waals surface area contributed by atoms with Crippen LogP contribution in [0.4, 0.5) is 0 Å². The maximum absolute atomic E-state index is 12.8. The molecule has 0 aromatic heterocycles. The van der Waals surface area contributed by atoms with Gasteiger partial charge in [-0.25, -0.2) is 0 Å². The molecule has 0 spiro atoms. The molecule has 0 saturated heterocycles. The molecule has 0 bridgehead atoms. The van der Waals surface area contributed by atoms with Crippen LogP contribution >= 0.6 is 0 Å². The van der Waals surface area contributed by atoms with Crippen molar-refractivity contribution < 1.29 is 28.6 Å². The SMILES string of the molecule is CC/C=C\C/C=C\C/C=C\C/C=C\C/C=C\C/C=C\CCCCCCCCCCCCCCCCC(=O)OCC(COC(=O)CCCCCCC)OC(=O)CCCCCCCCCCCCCCCCCCCCCCC. The summed E-state index contributed by atoms with van der Waals surface area (Å²) < 4.78 is 16.8. The fourth-order valence-corrected chi connectivity index (χ4v) is 9.74. The van der Waals surface area contributed by atoms with Crippen LogP contribution in [-0.2, 0) is 28.6 Å². The number of ether oxygens (including phenoxy) is 3. The van der Waals surface area contributed by atoms with E-state index in [0.717, 1.165) is 103 Å². The molecule has 0 amide bonds. The van der Waals surface area contributed by atoms with Crippen molar-refractivity contribution in [1.82, 2.24) is 0 Å². The molecule has 0 N–H and O–H groups in total. The summed E-state index contributed by atoms with van der Waals surface area (Å²) in [6, 6.07) is 0. The largest absolute Gasteiger partial charge is 0.462 e. The van der Waals surface area contributed by atoms with Crippen LogP contribution in [0, 0.1) is 0 Å². The zero-order chi connectivity index (χ0) is 55.7. The minimum Gasteiger partial charge on any atom is -0.462 e. The maximum Gasteiger partial charge on any atom is 0.306 e. The predicted octanol–water partition coefficient (Wildman–Crippen LogP) is 22.9. The van der Waals surface area contributed by atoms with Crippen LogP contribution in [0.2, 0.25) is 0 Å². The number of carbonyl (C=O) groups is 3. The lowest BCUT2D eigenvalue weighted by molar-refractivity contribution is -0.167. The summed E-state index contributed by atoms with van der Waals surface area (Å²) in [5, 5.41) is 0. The Morgan fingerprint density at radius 2 is 0.506 bits per heavy atom. The second kappa shape index (κ2) is 65.4. The van der Waals surface area contributed by atoms with Crippen LogP contribution in [0.15, 0.2) is 72.9 Å². The second-order valence-electron chi connectivity index (χ2n) is 22.4. The Morgan fingerprint density at radius 1 is 0.273 bits per heavy atom. The van der Waals surface area contributed by atoms with Crippen molar-refractivity contribution in [2.24, 2.45) is 0 Å². The molecule has 77 heavy (non-hydrogen) atoms. The van der Waals surface area contributed by atoms with E-state index in [4.69, 9.17) is 14.2 Å². The van der Waals surface area contributed by atoms with Crippen LogP contribution in [0.1, 0.15) is 342 Å². The number of esters is 3. The third-order valence-electron chi connectivity index (χ3n) is 14.7. The van der Waals surface area contributed by atoms with Gasteiger partial charge in [-0.15, -0.1) is 0 Å². The molecule has 0 aliphatic rings. The summed E-state index contributed by atoms with van der Waals surface area (Å²) in [5.74, 6) is -0.867. The molecule has 6 heteroatoms. The van der Waals surface area contributed by atoms with Crippen molar-refractivity contribution in [2.75, 3.05) is 13.2 Å². The van der Waals surface area contributed by atoms with Gasteiger partial charge in [-0.05, 0) is 70.6 Å². The van der Waals surface area contributed by atoms with E-state index in [9.17, 15) is 14.4 Å². The normalized spacial score (nSPS) is 12.5. The molecule has 0 aromatic rings. The standard InChI is InChI=1S/C71H126O6/c1-4-7-10-13-15-17-19-21-23-25-27-29-30-31-32-33-34-35-36-37-38-39-40-42-43-45-47-49-51-53-55-58-61-64-70(73)76-67-68(66-75-69(72)63-60-57-12-9-6-3)77-71(74)65-62-59-56-54-52-50-48-46-44-41-28-26-24-22-20-18-16-14-11-8-5-2/h7,10,15,17,21,23,27,29,31-32,34-35,68H,4-6,8-9,11-14,16,18-20,22,24-26,28,30,33,36-67H2,1-3H3/b10-7-,17-15-,23-21-,29-27-,32-31-,35-34-. The van der Waals surface area contributed by atoms with E-state index in [1.165, 1.54) is 199 Å². The topological polar surface area (TPSA) is 78.9 Å². The maximum atomic E-state index is 12.8. The average Bonchev–Trinajstić information content (AvgIpc) is 3.43. The first kappa shape index (κ1) is 73.8. The summed E-state index contributed by atoms with van der Waals surface area (Å²) in [6.07, 6.45) is 85.5. The van der Waals surface area contributed by atoms with Gasteiger partial charge in [0.25, 0.3) is 0 Å². The van der Waals surface area contributed by atoms with Gasteiger partial charge in [-0.1, -0.05) is 325 Å².